The molecule has 0 aromatic carbocycles. The van der Waals surface area contributed by atoms with Gasteiger partial charge in [-0.05, 0) is 30.7 Å². The largest absolute Gasteiger partial charge is 0.320 e. The molecular formula is C13H9Cl3N2O. The number of nitrogens with zero attached hydrogens (tertiary/aromatic N) is 2. The standard InChI is InChI=1S/C13H9Cl3N2O/c1-8-7-10-9-3-2-4-17(9)5-6-18(10)11(8)12(19)13(14,15)16/h2-7H,1H3. The highest BCUT2D eigenvalue weighted by molar-refractivity contribution is 6.77. The number of ketones is 1. The van der Waals surface area contributed by atoms with E-state index in [4.69, 9.17) is 34.8 Å². The molecule has 0 unspecified atom stereocenters. The fourth-order valence-corrected chi connectivity index (χ4v) is 2.58. The van der Waals surface area contributed by atoms with Gasteiger partial charge >= 0.3 is 0 Å². The molecule has 19 heavy (non-hydrogen) atoms. The number of hydrogen-bond acceptors (Lipinski definition) is 1. The van der Waals surface area contributed by atoms with Crippen molar-refractivity contribution in [1.29, 1.82) is 0 Å². The SMILES string of the molecule is Cc1cc2c3cccn3ccn2c1C(=O)C(Cl)(Cl)Cl. The van der Waals surface area contributed by atoms with Crippen LogP contribution in [0.5, 0.6) is 0 Å². The number of Topliss-reactive ketones (excluding diaryl/α,β-unsaturated/α-hetero) is 1. The quantitative estimate of drug-likeness (QED) is 0.491. The van der Waals surface area contributed by atoms with Gasteiger partial charge in [-0.3, -0.25) is 4.79 Å². The zero-order chi connectivity index (χ0) is 13.8. The molecule has 3 rings (SSSR count). The van der Waals surface area contributed by atoms with Gasteiger partial charge in [-0.15, -0.1) is 0 Å². The molecule has 0 fully saturated rings. The van der Waals surface area contributed by atoms with E-state index in [1.165, 1.54) is 0 Å². The van der Waals surface area contributed by atoms with Gasteiger partial charge in [0, 0.05) is 18.6 Å². The first-order valence-electron chi connectivity index (χ1n) is 5.58. The molecule has 0 aliphatic heterocycles. The van der Waals surface area contributed by atoms with Crippen molar-refractivity contribution in [2.45, 2.75) is 10.7 Å². The lowest BCUT2D eigenvalue weighted by atomic mass is 10.2. The lowest BCUT2D eigenvalue weighted by Gasteiger charge is -2.11. The first kappa shape index (κ1) is 12.9. The number of carbonyl (C=O) groups is 1. The first-order valence-corrected chi connectivity index (χ1v) is 6.72. The van der Waals surface area contributed by atoms with Gasteiger partial charge in [0.25, 0.3) is 3.79 Å². The van der Waals surface area contributed by atoms with Gasteiger partial charge in [0.2, 0.25) is 5.78 Å². The van der Waals surface area contributed by atoms with Crippen LogP contribution in [-0.2, 0) is 0 Å². The molecule has 0 spiro atoms. The van der Waals surface area contributed by atoms with Crippen molar-refractivity contribution in [3.63, 3.8) is 0 Å². The van der Waals surface area contributed by atoms with Crippen molar-refractivity contribution in [3.05, 3.63) is 48.0 Å². The van der Waals surface area contributed by atoms with Gasteiger partial charge in [0.15, 0.2) is 0 Å². The number of aromatic nitrogens is 2. The summed E-state index contributed by atoms with van der Waals surface area (Å²) in [6.07, 6.45) is 5.59. The Morgan fingerprint density at radius 2 is 1.89 bits per heavy atom. The summed E-state index contributed by atoms with van der Waals surface area (Å²) < 4.78 is 1.78. The van der Waals surface area contributed by atoms with Crippen LogP contribution in [0.15, 0.2) is 36.8 Å². The van der Waals surface area contributed by atoms with E-state index in [9.17, 15) is 4.79 Å². The molecule has 0 saturated carbocycles. The van der Waals surface area contributed by atoms with Crippen LogP contribution in [0.25, 0.3) is 11.0 Å². The van der Waals surface area contributed by atoms with Gasteiger partial charge < -0.3 is 8.80 Å². The van der Waals surface area contributed by atoms with Crippen LogP contribution in [-0.4, -0.2) is 18.4 Å². The summed E-state index contributed by atoms with van der Waals surface area (Å²) in [5, 5.41) is 0. The predicted molar refractivity (Wildman–Crippen MR) is 77.7 cm³/mol. The summed E-state index contributed by atoms with van der Waals surface area (Å²) in [6, 6.07) is 5.82. The molecule has 0 N–H and O–H groups in total. The minimum absolute atomic E-state index is 0.402. The van der Waals surface area contributed by atoms with Crippen LogP contribution in [0.4, 0.5) is 0 Å². The molecule has 98 valence electrons. The van der Waals surface area contributed by atoms with Crippen molar-refractivity contribution in [3.8, 4) is 0 Å². The minimum atomic E-state index is -1.95. The van der Waals surface area contributed by atoms with E-state index in [1.807, 2.05) is 41.9 Å². The molecule has 0 aliphatic rings. The second-order valence-electron chi connectivity index (χ2n) is 4.36. The minimum Gasteiger partial charge on any atom is -0.320 e. The third-order valence-corrected chi connectivity index (χ3v) is 3.63. The van der Waals surface area contributed by atoms with Crippen molar-refractivity contribution in [2.75, 3.05) is 0 Å². The van der Waals surface area contributed by atoms with Crippen molar-refractivity contribution < 1.29 is 4.79 Å². The van der Waals surface area contributed by atoms with Gasteiger partial charge in [0.1, 0.15) is 0 Å². The number of fused-ring (bicyclic) bond motifs is 3. The Morgan fingerprint density at radius 1 is 1.16 bits per heavy atom. The third-order valence-electron chi connectivity index (χ3n) is 3.12. The van der Waals surface area contributed by atoms with Crippen LogP contribution >= 0.6 is 34.8 Å². The monoisotopic (exact) mass is 314 g/mol. The molecule has 0 aliphatic carbocycles. The fraction of sp³-hybridized carbons (Fsp3) is 0.154. The normalized spacial score (nSPS) is 12.4. The van der Waals surface area contributed by atoms with Crippen LogP contribution < -0.4 is 0 Å². The molecule has 0 amide bonds. The fourth-order valence-electron chi connectivity index (χ4n) is 2.31. The zero-order valence-electron chi connectivity index (χ0n) is 9.90. The number of carbonyl (C=O) groups excluding carboxylic acids is 1. The summed E-state index contributed by atoms with van der Waals surface area (Å²) in [5.41, 5.74) is 3.08. The summed E-state index contributed by atoms with van der Waals surface area (Å²) in [6.45, 7) is 1.83. The van der Waals surface area contributed by atoms with E-state index in [-0.39, 0.29) is 0 Å². The van der Waals surface area contributed by atoms with E-state index < -0.39 is 9.58 Å². The number of hydrogen-bond donors (Lipinski definition) is 0. The highest BCUT2D eigenvalue weighted by atomic mass is 35.6. The van der Waals surface area contributed by atoms with Gasteiger partial charge in [-0.1, -0.05) is 34.8 Å². The zero-order valence-corrected chi connectivity index (χ0v) is 12.2. The van der Waals surface area contributed by atoms with E-state index >= 15 is 0 Å². The Labute approximate surface area is 124 Å². The summed E-state index contributed by atoms with van der Waals surface area (Å²) in [5.74, 6) is -0.522. The van der Waals surface area contributed by atoms with E-state index in [1.54, 1.807) is 10.6 Å². The second kappa shape index (κ2) is 4.17. The average Bonchev–Trinajstić information content (AvgIpc) is 2.88. The molecular weight excluding hydrogens is 307 g/mol. The van der Waals surface area contributed by atoms with Gasteiger partial charge in [-0.2, -0.15) is 0 Å². The van der Waals surface area contributed by atoms with Crippen molar-refractivity contribution in [1.82, 2.24) is 8.80 Å². The van der Waals surface area contributed by atoms with Crippen LogP contribution in [0.2, 0.25) is 0 Å². The van der Waals surface area contributed by atoms with E-state index in [0.717, 1.165) is 16.6 Å². The molecule has 3 heterocycles. The topological polar surface area (TPSA) is 25.9 Å². The third kappa shape index (κ3) is 1.93. The molecule has 3 nitrogen and oxygen atoms in total. The summed E-state index contributed by atoms with van der Waals surface area (Å²) in [7, 11) is 0. The average molecular weight is 316 g/mol. The maximum Gasteiger partial charge on any atom is 0.255 e. The summed E-state index contributed by atoms with van der Waals surface area (Å²) >= 11 is 17.1. The molecule has 6 heteroatoms. The maximum atomic E-state index is 12.2. The second-order valence-corrected chi connectivity index (χ2v) is 6.64. The number of rotatable bonds is 1. The van der Waals surface area contributed by atoms with Gasteiger partial charge in [0.05, 0.1) is 16.7 Å². The highest BCUT2D eigenvalue weighted by Crippen LogP contribution is 2.33. The lowest BCUT2D eigenvalue weighted by Crippen LogP contribution is -2.21. The smallest absolute Gasteiger partial charge is 0.255 e. The number of alkyl halides is 3. The van der Waals surface area contributed by atoms with Crippen LogP contribution in [0.3, 0.4) is 0 Å². The van der Waals surface area contributed by atoms with E-state index in [0.29, 0.717) is 5.69 Å². The maximum absolute atomic E-state index is 12.2. The van der Waals surface area contributed by atoms with Crippen LogP contribution in [0, 0.1) is 6.92 Å². The molecule has 0 bridgehead atoms. The highest BCUT2D eigenvalue weighted by Gasteiger charge is 2.34. The van der Waals surface area contributed by atoms with Gasteiger partial charge in [-0.25, -0.2) is 0 Å². The first-order chi connectivity index (χ1) is 8.89. The predicted octanol–water partition coefficient (Wildman–Crippen LogP) is 4.05. The molecule has 0 radical (unpaired) electrons. The van der Waals surface area contributed by atoms with Crippen LogP contribution in [0.1, 0.15) is 16.1 Å². The Kier molecular flexibility index (Phi) is 2.82. The Morgan fingerprint density at radius 3 is 2.58 bits per heavy atom. The summed E-state index contributed by atoms with van der Waals surface area (Å²) in [4.78, 5) is 12.2. The van der Waals surface area contributed by atoms with E-state index in [2.05, 4.69) is 0 Å². The Balaban J connectivity index is 2.37. The van der Waals surface area contributed by atoms with Crippen molar-refractivity contribution in [2.24, 2.45) is 0 Å². The lowest BCUT2D eigenvalue weighted by molar-refractivity contribution is 0.0990. The molecule has 0 atom stereocenters. The molecule has 0 saturated heterocycles. The Bertz CT molecular complexity index is 795. The number of halogens is 3. The molecule has 3 aromatic rings. The van der Waals surface area contributed by atoms with Crippen molar-refractivity contribution >= 4 is 51.6 Å². The Hall–Kier alpha value is -1.16. The number of aryl methyl sites for hydroxylation is 1. The molecule has 3 aromatic heterocycles.